The number of alkyl halides is 1. The molecule has 0 fully saturated rings. The number of nitrogens with zero attached hydrogens (tertiary/aromatic N) is 3. The smallest absolute Gasteiger partial charge is 0.234 e. The lowest BCUT2D eigenvalue weighted by atomic mass is 9.99. The fraction of sp³-hybridized carbons (Fsp3) is 0.100. The lowest BCUT2D eigenvalue weighted by Gasteiger charge is -2.11. The van der Waals surface area contributed by atoms with Crippen molar-refractivity contribution in [2.24, 2.45) is 0 Å². The highest BCUT2D eigenvalue weighted by Gasteiger charge is 2.12. The van der Waals surface area contributed by atoms with Crippen molar-refractivity contribution in [3.8, 4) is 22.4 Å². The number of fused-ring (bicyclic) bond motifs is 1. The van der Waals surface area contributed by atoms with Crippen LogP contribution < -0.4 is 0 Å². The molecule has 4 heteroatoms. The number of halogens is 1. The Balaban J connectivity index is 1.92. The Labute approximate surface area is 149 Å². The zero-order valence-corrected chi connectivity index (χ0v) is 14.8. The molecule has 0 amide bonds. The van der Waals surface area contributed by atoms with Gasteiger partial charge in [-0.05, 0) is 18.1 Å². The lowest BCUT2D eigenvalue weighted by Crippen LogP contribution is -1.96. The third-order valence-corrected chi connectivity index (χ3v) is 4.64. The Bertz CT molecular complexity index is 973. The second-order valence-electron chi connectivity index (χ2n) is 5.74. The van der Waals surface area contributed by atoms with Crippen molar-refractivity contribution in [3.05, 3.63) is 78.8 Å². The van der Waals surface area contributed by atoms with Crippen LogP contribution in [0.4, 0.5) is 0 Å². The molecule has 2 aromatic carbocycles. The highest BCUT2D eigenvalue weighted by atomic mass is 79.9. The van der Waals surface area contributed by atoms with Crippen LogP contribution in [0.25, 0.3) is 28.2 Å². The van der Waals surface area contributed by atoms with E-state index in [4.69, 9.17) is 4.98 Å². The maximum Gasteiger partial charge on any atom is 0.234 e. The van der Waals surface area contributed by atoms with E-state index in [0.717, 1.165) is 22.4 Å². The molecule has 0 radical (unpaired) electrons. The van der Waals surface area contributed by atoms with Gasteiger partial charge in [0.2, 0.25) is 5.78 Å². The molecule has 0 bridgehead atoms. The topological polar surface area (TPSA) is 30.2 Å². The number of imidazole rings is 1. The molecule has 4 aromatic rings. The molecule has 118 valence electrons. The molecule has 24 heavy (non-hydrogen) atoms. The van der Waals surface area contributed by atoms with Crippen molar-refractivity contribution in [2.45, 2.75) is 11.8 Å². The van der Waals surface area contributed by atoms with Crippen LogP contribution in [-0.2, 0) is 0 Å². The summed E-state index contributed by atoms with van der Waals surface area (Å²) in [4.78, 5) is 9.46. The van der Waals surface area contributed by atoms with Gasteiger partial charge in [0.1, 0.15) is 0 Å². The average Bonchev–Trinajstić information content (AvgIpc) is 3.09. The Hall–Kier alpha value is -2.46. The van der Waals surface area contributed by atoms with Gasteiger partial charge in [0.15, 0.2) is 0 Å². The van der Waals surface area contributed by atoms with Gasteiger partial charge in [-0.3, -0.25) is 4.40 Å². The van der Waals surface area contributed by atoms with Crippen molar-refractivity contribution in [3.63, 3.8) is 0 Å². The first kappa shape index (κ1) is 15.1. The van der Waals surface area contributed by atoms with Crippen LogP contribution in [-0.4, -0.2) is 14.4 Å². The number of hydrogen-bond donors (Lipinski definition) is 0. The third kappa shape index (κ3) is 2.74. The summed E-state index contributed by atoms with van der Waals surface area (Å²) in [5.74, 6) is 0.711. The molecular weight excluding hydrogens is 362 g/mol. The molecular formula is C20H16BrN3. The fourth-order valence-electron chi connectivity index (χ4n) is 2.81. The normalized spacial score (nSPS) is 12.4. The van der Waals surface area contributed by atoms with Crippen LogP contribution in [0.3, 0.4) is 0 Å². The maximum absolute atomic E-state index is 4.80. The van der Waals surface area contributed by atoms with Gasteiger partial charge < -0.3 is 0 Å². The standard InChI is InChI=1S/C20H16BrN3/c1-14(21)15-7-9-17(10-8-15)19-18(16-5-3-2-4-6-16)13-24-12-11-22-20(24)23-19/h2-14H,1H3. The number of rotatable bonds is 3. The average molecular weight is 378 g/mol. The summed E-state index contributed by atoms with van der Waals surface area (Å²) in [6.45, 7) is 2.12. The molecule has 0 aliphatic carbocycles. The molecule has 4 rings (SSSR count). The van der Waals surface area contributed by atoms with Crippen LogP contribution in [0.15, 0.2) is 73.2 Å². The molecule has 1 atom stereocenters. The highest BCUT2D eigenvalue weighted by Crippen LogP contribution is 2.32. The van der Waals surface area contributed by atoms with Crippen molar-refractivity contribution in [2.75, 3.05) is 0 Å². The minimum absolute atomic E-state index is 0.336. The molecule has 0 N–H and O–H groups in total. The number of hydrogen-bond acceptors (Lipinski definition) is 2. The maximum atomic E-state index is 4.80. The van der Waals surface area contributed by atoms with E-state index in [1.165, 1.54) is 5.56 Å². The molecule has 3 nitrogen and oxygen atoms in total. The van der Waals surface area contributed by atoms with Gasteiger partial charge in [0.05, 0.1) is 5.69 Å². The third-order valence-electron chi connectivity index (χ3n) is 4.11. The van der Waals surface area contributed by atoms with Crippen LogP contribution in [0.1, 0.15) is 17.3 Å². The first-order valence-corrected chi connectivity index (χ1v) is 8.77. The van der Waals surface area contributed by atoms with E-state index in [0.29, 0.717) is 10.6 Å². The number of aromatic nitrogens is 3. The predicted octanol–water partition coefficient (Wildman–Crippen LogP) is 5.52. The highest BCUT2D eigenvalue weighted by molar-refractivity contribution is 9.09. The van der Waals surface area contributed by atoms with Crippen molar-refractivity contribution < 1.29 is 0 Å². The van der Waals surface area contributed by atoms with E-state index < -0.39 is 0 Å². The van der Waals surface area contributed by atoms with Crippen LogP contribution in [0.2, 0.25) is 0 Å². The fourth-order valence-corrected chi connectivity index (χ4v) is 3.11. The SMILES string of the molecule is CC(Br)c1ccc(-c2nc3nccn3cc2-c2ccccc2)cc1. The Morgan fingerprint density at radius 1 is 0.958 bits per heavy atom. The predicted molar refractivity (Wildman–Crippen MR) is 101 cm³/mol. The van der Waals surface area contributed by atoms with Gasteiger partial charge in [-0.2, -0.15) is 0 Å². The summed E-state index contributed by atoms with van der Waals surface area (Å²) in [5, 5.41) is 0. The van der Waals surface area contributed by atoms with E-state index in [2.05, 4.69) is 70.4 Å². The van der Waals surface area contributed by atoms with E-state index >= 15 is 0 Å². The molecule has 1 unspecified atom stereocenters. The van der Waals surface area contributed by atoms with Gasteiger partial charge >= 0.3 is 0 Å². The van der Waals surface area contributed by atoms with Gasteiger partial charge in [0, 0.05) is 34.5 Å². The summed E-state index contributed by atoms with van der Waals surface area (Å²) in [5.41, 5.74) is 5.54. The minimum atomic E-state index is 0.336. The molecule has 0 aliphatic heterocycles. The second kappa shape index (κ2) is 6.21. The summed E-state index contributed by atoms with van der Waals surface area (Å²) < 4.78 is 1.96. The molecule has 0 aliphatic rings. The largest absolute Gasteiger partial charge is 0.291 e. The molecule has 2 heterocycles. The summed E-state index contributed by atoms with van der Waals surface area (Å²) >= 11 is 3.61. The second-order valence-corrected chi connectivity index (χ2v) is 7.12. The van der Waals surface area contributed by atoms with Crippen molar-refractivity contribution >= 4 is 21.7 Å². The van der Waals surface area contributed by atoms with Crippen molar-refractivity contribution in [1.82, 2.24) is 14.4 Å². The zero-order valence-electron chi connectivity index (χ0n) is 13.2. The Morgan fingerprint density at radius 3 is 2.42 bits per heavy atom. The minimum Gasteiger partial charge on any atom is -0.291 e. The Morgan fingerprint density at radius 2 is 1.71 bits per heavy atom. The summed E-state index contributed by atoms with van der Waals surface area (Å²) in [6.07, 6.45) is 5.80. The summed E-state index contributed by atoms with van der Waals surface area (Å²) in [7, 11) is 0. The molecule has 2 aromatic heterocycles. The van der Waals surface area contributed by atoms with Gasteiger partial charge in [-0.25, -0.2) is 9.97 Å². The first-order valence-electron chi connectivity index (χ1n) is 7.86. The van der Waals surface area contributed by atoms with Gasteiger partial charge in [-0.1, -0.05) is 70.5 Å². The van der Waals surface area contributed by atoms with E-state index in [9.17, 15) is 0 Å². The lowest BCUT2D eigenvalue weighted by molar-refractivity contribution is 1.11. The van der Waals surface area contributed by atoms with Crippen LogP contribution >= 0.6 is 15.9 Å². The monoisotopic (exact) mass is 377 g/mol. The van der Waals surface area contributed by atoms with Gasteiger partial charge in [0.25, 0.3) is 0 Å². The van der Waals surface area contributed by atoms with E-state index in [1.807, 2.05) is 28.8 Å². The van der Waals surface area contributed by atoms with E-state index in [-0.39, 0.29) is 0 Å². The number of benzene rings is 2. The molecule has 0 spiro atoms. The van der Waals surface area contributed by atoms with Gasteiger partial charge in [-0.15, -0.1) is 0 Å². The van der Waals surface area contributed by atoms with Crippen molar-refractivity contribution in [1.29, 1.82) is 0 Å². The summed E-state index contributed by atoms with van der Waals surface area (Å²) in [6, 6.07) is 18.9. The molecule has 0 saturated heterocycles. The van der Waals surface area contributed by atoms with Crippen LogP contribution in [0.5, 0.6) is 0 Å². The quantitative estimate of drug-likeness (QED) is 0.440. The van der Waals surface area contributed by atoms with Crippen LogP contribution in [0, 0.1) is 0 Å². The zero-order chi connectivity index (χ0) is 16.5. The first-order chi connectivity index (χ1) is 11.7. The molecule has 0 saturated carbocycles. The van der Waals surface area contributed by atoms with E-state index in [1.54, 1.807) is 6.20 Å². The Kier molecular flexibility index (Phi) is 3.90.